The van der Waals surface area contributed by atoms with Crippen molar-refractivity contribution in [1.82, 2.24) is 24.6 Å². The Morgan fingerprint density at radius 3 is 2.32 bits per heavy atom. The number of hydrogen-bond acceptors (Lipinski definition) is 6. The summed E-state index contributed by atoms with van der Waals surface area (Å²) in [7, 11) is 1.58. The lowest BCUT2D eigenvalue weighted by molar-refractivity contribution is -0.274. The summed E-state index contributed by atoms with van der Waals surface area (Å²) in [6.07, 6.45) is -8.04. The molecule has 0 saturated carbocycles. The number of benzene rings is 3. The number of carbonyl (C=O) groups excluding carboxylic acids is 1. The second kappa shape index (κ2) is 13.7. The van der Waals surface area contributed by atoms with E-state index in [1.54, 1.807) is 17.7 Å². The first-order chi connectivity index (χ1) is 22.3. The molecule has 2 heterocycles. The minimum Gasteiger partial charge on any atom is -0.497 e. The lowest BCUT2D eigenvalue weighted by Crippen LogP contribution is -2.34. The number of nitrogens with one attached hydrogen (secondary N) is 1. The largest absolute Gasteiger partial charge is 0.573 e. The number of aryl methyl sites for hydroxylation is 1. The minimum absolute atomic E-state index is 0.0388. The Morgan fingerprint density at radius 2 is 1.68 bits per heavy atom. The fourth-order valence-electron chi connectivity index (χ4n) is 4.70. The average Bonchev–Trinajstić information content (AvgIpc) is 3.67. The van der Waals surface area contributed by atoms with Crippen LogP contribution in [0.5, 0.6) is 11.5 Å². The molecule has 5 aromatic rings. The second-order valence-electron chi connectivity index (χ2n) is 10.6. The third-order valence-corrected chi connectivity index (χ3v) is 7.95. The molecule has 0 aliphatic rings. The number of halogens is 5. The van der Waals surface area contributed by atoms with E-state index in [0.29, 0.717) is 17.0 Å². The van der Waals surface area contributed by atoms with Gasteiger partial charge in [0.15, 0.2) is 16.8 Å². The Kier molecular flexibility index (Phi) is 9.75. The third-order valence-electron chi connectivity index (χ3n) is 7.01. The summed E-state index contributed by atoms with van der Waals surface area (Å²) in [5.74, 6) is 0.663. The van der Waals surface area contributed by atoms with Crippen LogP contribution in [0.4, 0.5) is 26.7 Å². The Bertz CT molecular complexity index is 1920. The Labute approximate surface area is 270 Å². The van der Waals surface area contributed by atoms with Crippen molar-refractivity contribution < 1.29 is 36.2 Å². The maximum atomic E-state index is 15.1. The van der Waals surface area contributed by atoms with Crippen LogP contribution in [0.2, 0.25) is 0 Å². The van der Waals surface area contributed by atoms with Crippen molar-refractivity contribution >= 4 is 17.4 Å². The molecule has 246 valence electrons. The van der Waals surface area contributed by atoms with Crippen LogP contribution >= 0.6 is 11.3 Å². The van der Waals surface area contributed by atoms with Gasteiger partial charge in [-0.15, -0.1) is 29.6 Å². The summed E-state index contributed by atoms with van der Waals surface area (Å²) >= 11 is 1.19. The molecule has 0 aliphatic heterocycles. The number of urea groups is 1. The van der Waals surface area contributed by atoms with Crippen molar-refractivity contribution in [1.29, 1.82) is 0 Å². The molecule has 3 aromatic carbocycles. The number of ether oxygens (including phenoxy) is 2. The molecule has 5 rings (SSSR count). The van der Waals surface area contributed by atoms with Gasteiger partial charge in [-0.2, -0.15) is 4.99 Å². The molecule has 47 heavy (non-hydrogen) atoms. The van der Waals surface area contributed by atoms with Gasteiger partial charge in [-0.3, -0.25) is 4.57 Å². The highest BCUT2D eigenvalue weighted by Gasteiger charge is 2.31. The van der Waals surface area contributed by atoms with E-state index in [9.17, 15) is 22.4 Å². The van der Waals surface area contributed by atoms with Gasteiger partial charge in [-0.25, -0.2) is 23.2 Å². The smallest absolute Gasteiger partial charge is 0.497 e. The van der Waals surface area contributed by atoms with Crippen molar-refractivity contribution in [3.63, 3.8) is 0 Å². The van der Waals surface area contributed by atoms with E-state index >= 15 is 4.39 Å². The number of thiazole rings is 1. The van der Waals surface area contributed by atoms with Crippen LogP contribution in [0.1, 0.15) is 42.8 Å². The number of methoxy groups -OCH3 is 1. The van der Waals surface area contributed by atoms with Crippen LogP contribution < -0.4 is 19.6 Å². The zero-order valence-corrected chi connectivity index (χ0v) is 26.3. The molecule has 0 bridgehead atoms. The highest BCUT2D eigenvalue weighted by Crippen LogP contribution is 2.29. The molecule has 2 aromatic heterocycles. The van der Waals surface area contributed by atoms with Crippen molar-refractivity contribution in [2.45, 2.75) is 45.5 Å². The first kappa shape index (κ1) is 33.3. The molecule has 9 nitrogen and oxygen atoms in total. The number of nitrogens with zero attached hydrogens (tertiary/aromatic N) is 5. The fraction of sp³-hybridized carbons (Fsp3) is 0.250. The highest BCUT2D eigenvalue weighted by atomic mass is 32.1. The summed E-state index contributed by atoms with van der Waals surface area (Å²) in [5, 5.41) is 8.09. The molecule has 0 radical (unpaired) electrons. The SMILES string of the molecule is COc1ccc(-n2c(C)csc2=NC(=O)NC(F)C(F)c2ccc(-c3ncn(-c4ccc(OC(F)(F)F)cc4)n3)cc2)c(C(C)C)c1. The number of rotatable bonds is 9. The summed E-state index contributed by atoms with van der Waals surface area (Å²) in [6.45, 7) is 5.91. The summed E-state index contributed by atoms with van der Waals surface area (Å²) in [6, 6.07) is 15.2. The lowest BCUT2D eigenvalue weighted by atomic mass is 10.0. The third kappa shape index (κ3) is 7.85. The van der Waals surface area contributed by atoms with Crippen molar-refractivity contribution in [2.24, 2.45) is 4.99 Å². The first-order valence-electron chi connectivity index (χ1n) is 14.2. The molecular formula is C32H29F5N6O3S. The average molecular weight is 673 g/mol. The van der Waals surface area contributed by atoms with E-state index in [1.165, 1.54) is 58.7 Å². The zero-order chi connectivity index (χ0) is 33.9. The van der Waals surface area contributed by atoms with Crippen molar-refractivity contribution in [3.8, 4) is 34.3 Å². The van der Waals surface area contributed by atoms with Gasteiger partial charge in [0.2, 0.25) is 6.30 Å². The number of alkyl halides is 5. The standard InChI is InChI=1S/C32H29F5N6O3S/c1-18(2)25-15-24(45-4)13-14-26(25)43-19(3)16-47-31(43)40-30(44)39-28(34)27(33)20-5-7-21(8-6-20)29-38-17-42(41-29)22-9-11-23(12-10-22)46-32(35,36)37/h5-18,27-28H,1-4H3,(H,39,44). The quantitative estimate of drug-likeness (QED) is 0.128. The summed E-state index contributed by atoms with van der Waals surface area (Å²) in [5.41, 5.74) is 3.42. The van der Waals surface area contributed by atoms with Gasteiger partial charge in [0.25, 0.3) is 0 Å². The van der Waals surface area contributed by atoms with E-state index in [1.807, 2.05) is 43.6 Å². The Balaban J connectivity index is 1.27. The van der Waals surface area contributed by atoms with Crippen LogP contribution in [-0.2, 0) is 0 Å². The number of hydrogen-bond donors (Lipinski definition) is 1. The second-order valence-corrected chi connectivity index (χ2v) is 11.5. The molecule has 0 aliphatic carbocycles. The van der Waals surface area contributed by atoms with Crippen LogP contribution in [-0.4, -0.2) is 45.1 Å². The fourth-order valence-corrected chi connectivity index (χ4v) is 5.57. The van der Waals surface area contributed by atoms with Crippen LogP contribution in [0.15, 0.2) is 83.4 Å². The predicted molar refractivity (Wildman–Crippen MR) is 165 cm³/mol. The molecule has 2 atom stereocenters. The molecule has 0 fully saturated rings. The van der Waals surface area contributed by atoms with Crippen LogP contribution in [0, 0.1) is 6.92 Å². The molecule has 2 unspecified atom stereocenters. The van der Waals surface area contributed by atoms with Crippen LogP contribution in [0.25, 0.3) is 22.8 Å². The predicted octanol–water partition coefficient (Wildman–Crippen LogP) is 7.74. The highest BCUT2D eigenvalue weighted by molar-refractivity contribution is 7.07. The van der Waals surface area contributed by atoms with Gasteiger partial charge in [0, 0.05) is 16.6 Å². The number of amides is 2. The van der Waals surface area contributed by atoms with Gasteiger partial charge in [-0.1, -0.05) is 38.1 Å². The van der Waals surface area contributed by atoms with E-state index in [0.717, 1.165) is 29.1 Å². The summed E-state index contributed by atoms with van der Waals surface area (Å²) < 4.78 is 79.7. The molecule has 0 saturated heterocycles. The van der Waals surface area contributed by atoms with E-state index in [-0.39, 0.29) is 27.9 Å². The normalized spacial score (nSPS) is 13.4. The van der Waals surface area contributed by atoms with Crippen LogP contribution in [0.3, 0.4) is 0 Å². The maximum absolute atomic E-state index is 15.1. The van der Waals surface area contributed by atoms with Crippen molar-refractivity contribution in [3.05, 3.63) is 100 Å². The Morgan fingerprint density at radius 1 is 1.00 bits per heavy atom. The molecule has 15 heteroatoms. The molecule has 0 spiro atoms. The minimum atomic E-state index is -4.81. The van der Waals surface area contributed by atoms with Gasteiger partial charge >= 0.3 is 12.4 Å². The van der Waals surface area contributed by atoms with E-state index in [4.69, 9.17) is 4.74 Å². The van der Waals surface area contributed by atoms with E-state index in [2.05, 4.69) is 19.8 Å². The zero-order valence-electron chi connectivity index (χ0n) is 25.5. The lowest BCUT2D eigenvalue weighted by Gasteiger charge is -2.17. The summed E-state index contributed by atoms with van der Waals surface area (Å²) in [4.78, 5) is 21.2. The van der Waals surface area contributed by atoms with E-state index < -0.39 is 24.9 Å². The number of aromatic nitrogens is 4. The van der Waals surface area contributed by atoms with Gasteiger partial charge < -0.3 is 14.8 Å². The maximum Gasteiger partial charge on any atom is 0.573 e. The Hall–Kier alpha value is -5.05. The molecular weight excluding hydrogens is 643 g/mol. The first-order valence-corrected chi connectivity index (χ1v) is 15.1. The monoisotopic (exact) mass is 672 g/mol. The number of carbonyl (C=O) groups is 1. The topological polar surface area (TPSA) is 95.6 Å². The van der Waals surface area contributed by atoms with Crippen molar-refractivity contribution in [2.75, 3.05) is 7.11 Å². The molecule has 1 N–H and O–H groups in total. The van der Waals surface area contributed by atoms with Gasteiger partial charge in [0.1, 0.15) is 17.8 Å². The van der Waals surface area contributed by atoms with Gasteiger partial charge in [0.05, 0.1) is 18.5 Å². The molecule has 2 amide bonds. The van der Waals surface area contributed by atoms with Gasteiger partial charge in [-0.05, 0) is 66.4 Å².